The number of hydrogen-bond donors (Lipinski definition) is 1. The molecule has 0 aliphatic carbocycles. The van der Waals surface area contributed by atoms with E-state index in [1.807, 2.05) is 38.1 Å². The maximum Gasteiger partial charge on any atom is 0.159 e. The van der Waals surface area contributed by atoms with Crippen molar-refractivity contribution in [3.05, 3.63) is 47.2 Å². The first kappa shape index (κ1) is 16.3. The Kier molecular flexibility index (Phi) is 5.39. The third-order valence-electron chi connectivity index (χ3n) is 3.56. The smallest absolute Gasteiger partial charge is 0.159 e. The van der Waals surface area contributed by atoms with Crippen molar-refractivity contribution in [2.45, 2.75) is 33.3 Å². The lowest BCUT2D eigenvalue weighted by Gasteiger charge is -2.14. The molecule has 1 atom stereocenters. The molecule has 0 spiro atoms. The molecule has 4 heteroatoms. The van der Waals surface area contributed by atoms with E-state index in [0.29, 0.717) is 17.9 Å². The average molecular weight is 301 g/mol. The molecule has 22 heavy (non-hydrogen) atoms. The lowest BCUT2D eigenvalue weighted by Crippen LogP contribution is -2.16. The third-order valence-corrected chi connectivity index (χ3v) is 3.56. The lowest BCUT2D eigenvalue weighted by atomic mass is 10.0. The highest BCUT2D eigenvalue weighted by Crippen LogP contribution is 2.25. The monoisotopic (exact) mass is 301 g/mol. The molecule has 0 unspecified atom stereocenters. The first-order valence-corrected chi connectivity index (χ1v) is 7.47. The number of allylic oxidation sites excluding steroid dienone is 4. The van der Waals surface area contributed by atoms with Crippen LogP contribution in [0, 0.1) is 0 Å². The number of rotatable bonds is 5. The fourth-order valence-corrected chi connectivity index (χ4v) is 2.25. The van der Waals surface area contributed by atoms with Gasteiger partial charge in [0.05, 0.1) is 13.2 Å². The molecular weight excluding hydrogens is 278 g/mol. The maximum atomic E-state index is 11.7. The van der Waals surface area contributed by atoms with E-state index in [4.69, 9.17) is 15.2 Å². The van der Waals surface area contributed by atoms with Gasteiger partial charge in [-0.3, -0.25) is 4.79 Å². The number of ether oxygens (including phenoxy) is 2. The zero-order valence-electron chi connectivity index (χ0n) is 13.4. The zero-order chi connectivity index (χ0) is 16.1. The SMILES string of the molecule is CC(=O)c1cc(O[C@@H]2CCOC2)cc(/C(C)=C/C=C(\C)N)c1. The van der Waals surface area contributed by atoms with Crippen molar-refractivity contribution in [2.24, 2.45) is 5.73 Å². The minimum atomic E-state index is 0.0210. The summed E-state index contributed by atoms with van der Waals surface area (Å²) in [4.78, 5) is 11.7. The van der Waals surface area contributed by atoms with Gasteiger partial charge in [-0.05, 0) is 56.2 Å². The van der Waals surface area contributed by atoms with Gasteiger partial charge in [-0.25, -0.2) is 0 Å². The summed E-state index contributed by atoms with van der Waals surface area (Å²) in [5, 5.41) is 0. The Hall–Kier alpha value is -2.07. The molecule has 1 aromatic carbocycles. The molecule has 1 aromatic rings. The Balaban J connectivity index is 2.32. The van der Waals surface area contributed by atoms with Crippen LogP contribution < -0.4 is 10.5 Å². The summed E-state index contributed by atoms with van der Waals surface area (Å²) in [5.74, 6) is 0.729. The van der Waals surface area contributed by atoms with Gasteiger partial charge in [0, 0.05) is 17.7 Å². The molecule has 118 valence electrons. The van der Waals surface area contributed by atoms with Crippen molar-refractivity contribution in [2.75, 3.05) is 13.2 Å². The van der Waals surface area contributed by atoms with Crippen LogP contribution in [0.3, 0.4) is 0 Å². The molecule has 2 N–H and O–H groups in total. The summed E-state index contributed by atoms with van der Waals surface area (Å²) in [6.45, 7) is 6.71. The summed E-state index contributed by atoms with van der Waals surface area (Å²) in [7, 11) is 0. The molecule has 1 aliphatic heterocycles. The maximum absolute atomic E-state index is 11.7. The van der Waals surface area contributed by atoms with Crippen molar-refractivity contribution in [3.63, 3.8) is 0 Å². The van der Waals surface area contributed by atoms with Crippen molar-refractivity contribution in [3.8, 4) is 5.75 Å². The predicted molar refractivity (Wildman–Crippen MR) is 87.9 cm³/mol. The van der Waals surface area contributed by atoms with Gasteiger partial charge < -0.3 is 15.2 Å². The van der Waals surface area contributed by atoms with Crippen molar-refractivity contribution in [1.29, 1.82) is 0 Å². The summed E-state index contributed by atoms with van der Waals surface area (Å²) >= 11 is 0. The van der Waals surface area contributed by atoms with Gasteiger partial charge in [-0.2, -0.15) is 0 Å². The Morgan fingerprint density at radius 2 is 1.95 bits per heavy atom. The van der Waals surface area contributed by atoms with Crippen LogP contribution in [-0.4, -0.2) is 25.1 Å². The van der Waals surface area contributed by atoms with Crippen LogP contribution in [0.1, 0.15) is 43.1 Å². The third kappa shape index (κ3) is 4.46. The molecule has 4 nitrogen and oxygen atoms in total. The Morgan fingerprint density at radius 1 is 1.23 bits per heavy atom. The van der Waals surface area contributed by atoms with E-state index >= 15 is 0 Å². The summed E-state index contributed by atoms with van der Waals surface area (Å²) in [6.07, 6.45) is 4.73. The number of nitrogens with two attached hydrogens (primary N) is 1. The topological polar surface area (TPSA) is 61.5 Å². The van der Waals surface area contributed by atoms with Crippen molar-refractivity contribution >= 4 is 11.4 Å². The summed E-state index contributed by atoms with van der Waals surface area (Å²) in [6, 6.07) is 5.63. The molecule has 0 radical (unpaired) electrons. The second kappa shape index (κ2) is 7.27. The van der Waals surface area contributed by atoms with Crippen molar-refractivity contribution < 1.29 is 14.3 Å². The van der Waals surface area contributed by atoms with E-state index in [-0.39, 0.29) is 11.9 Å². The lowest BCUT2D eigenvalue weighted by molar-refractivity contribution is 0.101. The van der Waals surface area contributed by atoms with Gasteiger partial charge in [0.1, 0.15) is 11.9 Å². The standard InChI is InChI=1S/C18H23NO3/c1-12(4-5-13(2)19)15-8-16(14(3)20)10-18(9-15)22-17-6-7-21-11-17/h4-5,8-10,17H,6-7,11,19H2,1-3H3/b12-4+,13-5+/t17-/m1/s1. The van der Waals surface area contributed by atoms with Gasteiger partial charge in [-0.1, -0.05) is 6.08 Å². The van der Waals surface area contributed by atoms with E-state index in [0.717, 1.165) is 29.9 Å². The molecular formula is C18H23NO3. The van der Waals surface area contributed by atoms with E-state index in [1.165, 1.54) is 0 Å². The summed E-state index contributed by atoms with van der Waals surface area (Å²) < 4.78 is 11.3. The van der Waals surface area contributed by atoms with Gasteiger partial charge in [-0.15, -0.1) is 0 Å². The molecule has 1 saturated heterocycles. The normalized spacial score (nSPS) is 19.3. The van der Waals surface area contributed by atoms with E-state index in [1.54, 1.807) is 13.0 Å². The van der Waals surface area contributed by atoms with E-state index < -0.39 is 0 Å². The van der Waals surface area contributed by atoms with Gasteiger partial charge in [0.2, 0.25) is 0 Å². The van der Waals surface area contributed by atoms with Crippen LogP contribution in [0.2, 0.25) is 0 Å². The second-order valence-electron chi connectivity index (χ2n) is 5.67. The highest BCUT2D eigenvalue weighted by Gasteiger charge is 2.18. The van der Waals surface area contributed by atoms with Gasteiger partial charge in [0.25, 0.3) is 0 Å². The number of Topliss-reactive ketones (excluding diaryl/α,β-unsaturated/α-hetero) is 1. The Labute approximate surface area is 131 Å². The van der Waals surface area contributed by atoms with Crippen LogP contribution in [0.25, 0.3) is 5.57 Å². The Bertz CT molecular complexity index is 607. The second-order valence-corrected chi connectivity index (χ2v) is 5.67. The summed E-state index contributed by atoms with van der Waals surface area (Å²) in [5.41, 5.74) is 9.03. The molecule has 1 aliphatic rings. The fraction of sp³-hybridized carbons (Fsp3) is 0.389. The molecule has 1 fully saturated rings. The fourth-order valence-electron chi connectivity index (χ4n) is 2.25. The molecule has 1 heterocycles. The molecule has 0 bridgehead atoms. The van der Waals surface area contributed by atoms with Gasteiger partial charge >= 0.3 is 0 Å². The predicted octanol–water partition coefficient (Wildman–Crippen LogP) is 3.32. The molecule has 0 aromatic heterocycles. The molecule has 2 rings (SSSR count). The quantitative estimate of drug-likeness (QED) is 0.669. The van der Waals surface area contributed by atoms with E-state index in [9.17, 15) is 4.79 Å². The van der Waals surface area contributed by atoms with Crippen LogP contribution in [0.5, 0.6) is 5.75 Å². The van der Waals surface area contributed by atoms with Crippen LogP contribution in [-0.2, 0) is 4.74 Å². The van der Waals surface area contributed by atoms with Crippen molar-refractivity contribution in [1.82, 2.24) is 0 Å². The minimum Gasteiger partial charge on any atom is -0.488 e. The first-order valence-electron chi connectivity index (χ1n) is 7.47. The zero-order valence-corrected chi connectivity index (χ0v) is 13.4. The van der Waals surface area contributed by atoms with E-state index in [2.05, 4.69) is 0 Å². The number of benzene rings is 1. The largest absolute Gasteiger partial charge is 0.488 e. The van der Waals surface area contributed by atoms with Crippen LogP contribution in [0.15, 0.2) is 36.0 Å². The molecule has 0 saturated carbocycles. The highest BCUT2D eigenvalue weighted by atomic mass is 16.5. The number of hydrogen-bond acceptors (Lipinski definition) is 4. The first-order chi connectivity index (χ1) is 10.5. The van der Waals surface area contributed by atoms with Gasteiger partial charge in [0.15, 0.2) is 5.78 Å². The average Bonchev–Trinajstić information content (AvgIpc) is 2.97. The minimum absolute atomic E-state index is 0.0210. The van der Waals surface area contributed by atoms with Crippen LogP contribution in [0.4, 0.5) is 0 Å². The molecule has 0 amide bonds. The number of ketones is 1. The number of carbonyl (C=O) groups is 1. The van der Waals surface area contributed by atoms with Crippen LogP contribution >= 0.6 is 0 Å². The number of carbonyl (C=O) groups excluding carboxylic acids is 1. The Morgan fingerprint density at radius 3 is 2.55 bits per heavy atom. The highest BCUT2D eigenvalue weighted by molar-refractivity contribution is 5.95.